The van der Waals surface area contributed by atoms with Crippen LogP contribution in [-0.2, 0) is 6.54 Å². The van der Waals surface area contributed by atoms with Gasteiger partial charge < -0.3 is 5.32 Å². The van der Waals surface area contributed by atoms with Crippen molar-refractivity contribution in [2.75, 3.05) is 0 Å². The van der Waals surface area contributed by atoms with Crippen LogP contribution in [0.3, 0.4) is 0 Å². The lowest BCUT2D eigenvalue weighted by molar-refractivity contribution is 0.381. The van der Waals surface area contributed by atoms with Crippen LogP contribution in [0.2, 0.25) is 0 Å². The third kappa shape index (κ3) is 2.79. The maximum Gasteiger partial charge on any atom is 0.0346 e. The van der Waals surface area contributed by atoms with Gasteiger partial charge in [0.2, 0.25) is 0 Å². The molecule has 0 bridgehead atoms. The summed E-state index contributed by atoms with van der Waals surface area (Å²) in [6.07, 6.45) is 9.54. The highest BCUT2D eigenvalue weighted by atomic mass is 14.9. The molecule has 0 amide bonds. The summed E-state index contributed by atoms with van der Waals surface area (Å²) in [4.78, 5) is 4.35. The van der Waals surface area contributed by atoms with Gasteiger partial charge in [0.25, 0.3) is 0 Å². The molecular formula is C17H22N2. The zero-order valence-corrected chi connectivity index (χ0v) is 11.6. The molecule has 1 aromatic heterocycles. The maximum atomic E-state index is 4.35. The molecule has 1 heterocycles. The number of hydrogen-bond donors (Lipinski definition) is 1. The van der Waals surface area contributed by atoms with Crippen LogP contribution in [0, 0.1) is 5.92 Å². The number of pyridine rings is 1. The molecule has 0 spiro atoms. The molecule has 0 radical (unpaired) electrons. The summed E-state index contributed by atoms with van der Waals surface area (Å²) in [5.74, 6) is 0.864. The van der Waals surface area contributed by atoms with Gasteiger partial charge in [-0.05, 0) is 36.6 Å². The third-order valence-corrected chi connectivity index (χ3v) is 4.47. The minimum atomic E-state index is 0.612. The van der Waals surface area contributed by atoms with E-state index in [1.54, 1.807) is 0 Å². The number of nitrogens with zero attached hydrogens (tertiary/aromatic N) is 1. The number of hydrogen-bond acceptors (Lipinski definition) is 2. The minimum absolute atomic E-state index is 0.612. The Kier molecular flexibility index (Phi) is 3.79. The first kappa shape index (κ1) is 12.6. The first-order chi connectivity index (χ1) is 9.34. The summed E-state index contributed by atoms with van der Waals surface area (Å²) in [5, 5.41) is 6.25. The fraction of sp³-hybridized carbons (Fsp3) is 0.471. The van der Waals surface area contributed by atoms with Crippen molar-refractivity contribution in [1.29, 1.82) is 0 Å². The van der Waals surface area contributed by atoms with Gasteiger partial charge >= 0.3 is 0 Å². The van der Waals surface area contributed by atoms with Gasteiger partial charge in [0, 0.05) is 30.4 Å². The van der Waals surface area contributed by atoms with Crippen LogP contribution in [-0.4, -0.2) is 11.0 Å². The average molecular weight is 254 g/mol. The molecule has 100 valence electrons. The number of nitrogens with one attached hydrogen (secondary N) is 1. The van der Waals surface area contributed by atoms with Crippen molar-refractivity contribution in [3.05, 3.63) is 42.2 Å². The molecule has 0 saturated heterocycles. The standard InChI is InChI=1S/C17H22N2/c1-13(14-6-2-3-7-14)19-12-16-11-18-10-15-8-4-5-9-17(15)16/h4-5,8-11,13-14,19H,2-3,6-7,12H2,1H3. The highest BCUT2D eigenvalue weighted by Crippen LogP contribution is 2.27. The summed E-state index contributed by atoms with van der Waals surface area (Å²) >= 11 is 0. The summed E-state index contributed by atoms with van der Waals surface area (Å²) in [6.45, 7) is 3.25. The highest BCUT2D eigenvalue weighted by molar-refractivity contribution is 5.84. The number of aromatic nitrogens is 1. The fourth-order valence-corrected chi connectivity index (χ4v) is 3.21. The number of benzene rings is 1. The average Bonchev–Trinajstić information content (AvgIpc) is 2.99. The van der Waals surface area contributed by atoms with E-state index in [-0.39, 0.29) is 0 Å². The summed E-state index contributed by atoms with van der Waals surface area (Å²) in [7, 11) is 0. The topological polar surface area (TPSA) is 24.9 Å². The second-order valence-corrected chi connectivity index (χ2v) is 5.73. The monoisotopic (exact) mass is 254 g/mol. The van der Waals surface area contributed by atoms with E-state index < -0.39 is 0 Å². The molecule has 0 aliphatic heterocycles. The molecule has 1 aliphatic rings. The molecule has 3 rings (SSSR count). The van der Waals surface area contributed by atoms with Crippen molar-refractivity contribution < 1.29 is 0 Å². The van der Waals surface area contributed by atoms with Gasteiger partial charge in [0.05, 0.1) is 0 Å². The number of fused-ring (bicyclic) bond motifs is 1. The summed E-state index contributed by atoms with van der Waals surface area (Å²) < 4.78 is 0. The zero-order valence-electron chi connectivity index (χ0n) is 11.6. The Morgan fingerprint density at radius 3 is 2.84 bits per heavy atom. The van der Waals surface area contributed by atoms with E-state index in [0.717, 1.165) is 12.5 Å². The van der Waals surface area contributed by atoms with Gasteiger partial charge in [0.1, 0.15) is 0 Å². The van der Waals surface area contributed by atoms with Crippen LogP contribution in [0.5, 0.6) is 0 Å². The van der Waals surface area contributed by atoms with Gasteiger partial charge in [-0.1, -0.05) is 37.1 Å². The first-order valence-corrected chi connectivity index (χ1v) is 7.39. The molecular weight excluding hydrogens is 232 g/mol. The molecule has 2 aromatic rings. The van der Waals surface area contributed by atoms with Crippen molar-refractivity contribution in [1.82, 2.24) is 10.3 Å². The summed E-state index contributed by atoms with van der Waals surface area (Å²) in [6, 6.07) is 9.11. The highest BCUT2D eigenvalue weighted by Gasteiger charge is 2.20. The molecule has 1 fully saturated rings. The van der Waals surface area contributed by atoms with E-state index in [4.69, 9.17) is 0 Å². The zero-order chi connectivity index (χ0) is 13.1. The lowest BCUT2D eigenvalue weighted by atomic mass is 9.99. The van der Waals surface area contributed by atoms with Crippen molar-refractivity contribution in [3.8, 4) is 0 Å². The van der Waals surface area contributed by atoms with Gasteiger partial charge in [-0.25, -0.2) is 0 Å². The molecule has 1 saturated carbocycles. The third-order valence-electron chi connectivity index (χ3n) is 4.47. The van der Waals surface area contributed by atoms with Gasteiger partial charge in [-0.15, -0.1) is 0 Å². The van der Waals surface area contributed by atoms with E-state index in [0.29, 0.717) is 6.04 Å². The molecule has 2 nitrogen and oxygen atoms in total. The Labute approximate surface area is 115 Å². The Morgan fingerprint density at radius 2 is 2.00 bits per heavy atom. The molecule has 1 aromatic carbocycles. The minimum Gasteiger partial charge on any atom is -0.310 e. The largest absolute Gasteiger partial charge is 0.310 e. The van der Waals surface area contributed by atoms with E-state index in [1.165, 1.54) is 42.0 Å². The van der Waals surface area contributed by atoms with E-state index in [9.17, 15) is 0 Å². The Balaban J connectivity index is 1.71. The Morgan fingerprint density at radius 1 is 1.21 bits per heavy atom. The lowest BCUT2D eigenvalue weighted by Gasteiger charge is -2.20. The van der Waals surface area contributed by atoms with Crippen LogP contribution in [0.1, 0.15) is 38.2 Å². The smallest absolute Gasteiger partial charge is 0.0346 e. The van der Waals surface area contributed by atoms with Gasteiger partial charge in [0.15, 0.2) is 0 Å². The molecule has 1 unspecified atom stereocenters. The van der Waals surface area contributed by atoms with Crippen molar-refractivity contribution in [2.24, 2.45) is 5.92 Å². The second-order valence-electron chi connectivity index (χ2n) is 5.73. The molecule has 2 heteroatoms. The van der Waals surface area contributed by atoms with Crippen LogP contribution < -0.4 is 5.32 Å². The van der Waals surface area contributed by atoms with Crippen molar-refractivity contribution >= 4 is 10.8 Å². The van der Waals surface area contributed by atoms with E-state index in [2.05, 4.69) is 41.5 Å². The predicted molar refractivity (Wildman–Crippen MR) is 80.0 cm³/mol. The van der Waals surface area contributed by atoms with E-state index >= 15 is 0 Å². The van der Waals surface area contributed by atoms with Crippen LogP contribution in [0.4, 0.5) is 0 Å². The second kappa shape index (κ2) is 5.70. The molecule has 1 N–H and O–H groups in total. The fourth-order valence-electron chi connectivity index (χ4n) is 3.21. The SMILES string of the molecule is CC(NCc1cncc2ccccc12)C1CCCC1. The van der Waals surface area contributed by atoms with Crippen LogP contribution >= 0.6 is 0 Å². The van der Waals surface area contributed by atoms with E-state index in [1.807, 2.05) is 12.4 Å². The normalized spacial score (nSPS) is 17.9. The Hall–Kier alpha value is -1.41. The molecule has 1 atom stereocenters. The quantitative estimate of drug-likeness (QED) is 0.895. The molecule has 19 heavy (non-hydrogen) atoms. The summed E-state index contributed by atoms with van der Waals surface area (Å²) in [5.41, 5.74) is 1.31. The first-order valence-electron chi connectivity index (χ1n) is 7.39. The van der Waals surface area contributed by atoms with Crippen molar-refractivity contribution in [2.45, 2.75) is 45.2 Å². The van der Waals surface area contributed by atoms with Crippen LogP contribution in [0.15, 0.2) is 36.7 Å². The van der Waals surface area contributed by atoms with Gasteiger partial charge in [-0.2, -0.15) is 0 Å². The Bertz CT molecular complexity index is 538. The van der Waals surface area contributed by atoms with Crippen LogP contribution in [0.25, 0.3) is 10.8 Å². The molecule has 1 aliphatic carbocycles. The van der Waals surface area contributed by atoms with Crippen molar-refractivity contribution in [3.63, 3.8) is 0 Å². The number of rotatable bonds is 4. The lowest BCUT2D eigenvalue weighted by Crippen LogP contribution is -2.31. The van der Waals surface area contributed by atoms with Gasteiger partial charge in [-0.3, -0.25) is 4.98 Å². The predicted octanol–water partition coefficient (Wildman–Crippen LogP) is 3.90. The maximum absolute atomic E-state index is 4.35.